The van der Waals surface area contributed by atoms with Crippen LogP contribution in [-0.4, -0.2) is 11.3 Å². The van der Waals surface area contributed by atoms with Gasteiger partial charge in [0.2, 0.25) is 0 Å². The van der Waals surface area contributed by atoms with Crippen LogP contribution in [0, 0.1) is 0 Å². The fraction of sp³-hybridized carbons (Fsp3) is 0.750. The Kier molecular flexibility index (Phi) is 2.67. The van der Waals surface area contributed by atoms with Crippen molar-refractivity contribution < 1.29 is 4.79 Å². The van der Waals surface area contributed by atoms with Crippen LogP contribution < -0.4 is 5.32 Å². The Labute approximate surface area is 48.7 Å². The highest BCUT2D eigenvalue weighted by Gasteiger charge is 1.84. The van der Waals surface area contributed by atoms with Gasteiger partial charge in [0, 0.05) is 6.04 Å². The summed E-state index contributed by atoms with van der Waals surface area (Å²) >= 11 is 4.21. The maximum atomic E-state index is 9.96. The van der Waals surface area contributed by atoms with Gasteiger partial charge < -0.3 is 22.7 Å². The predicted molar refractivity (Wildman–Crippen MR) is 31.0 cm³/mol. The van der Waals surface area contributed by atoms with E-state index in [0.717, 1.165) is 0 Å². The van der Waals surface area contributed by atoms with Crippen LogP contribution in [0.1, 0.15) is 13.8 Å². The molecule has 0 spiro atoms. The lowest BCUT2D eigenvalue weighted by molar-refractivity contribution is 0.259. The topological polar surface area (TPSA) is 29.1 Å². The maximum Gasteiger partial charge on any atom is 0.0982 e. The van der Waals surface area contributed by atoms with Crippen LogP contribution in [0.25, 0.3) is 0 Å². The van der Waals surface area contributed by atoms with Crippen molar-refractivity contribution in [2.24, 2.45) is 0 Å². The van der Waals surface area contributed by atoms with Gasteiger partial charge in [-0.3, -0.25) is 0 Å². The van der Waals surface area contributed by atoms with Gasteiger partial charge in [-0.2, -0.15) is 0 Å². The summed E-state index contributed by atoms with van der Waals surface area (Å²) in [6, 6.07) is 0.171. The molecule has 0 heterocycles. The van der Waals surface area contributed by atoms with Crippen LogP contribution in [0.3, 0.4) is 0 Å². The molecule has 0 aromatic heterocycles. The summed E-state index contributed by atoms with van der Waals surface area (Å²) < 4.78 is 0. The summed E-state index contributed by atoms with van der Waals surface area (Å²) in [7, 11) is 0. The van der Waals surface area contributed by atoms with E-state index in [2.05, 4.69) is 17.9 Å². The molecule has 0 aromatic rings. The first-order valence-electron chi connectivity index (χ1n) is 2.10. The smallest absolute Gasteiger partial charge is 0.0982 e. The minimum Gasteiger partial charge on any atom is -0.719 e. The van der Waals surface area contributed by atoms with Crippen LogP contribution in [0.4, 0.5) is 4.79 Å². The minimum atomic E-state index is -0.380. The number of hydrogen-bond donors (Lipinski definition) is 1. The lowest BCUT2D eigenvalue weighted by Gasteiger charge is -2.09. The van der Waals surface area contributed by atoms with Gasteiger partial charge in [0.25, 0.3) is 0 Å². The Morgan fingerprint density at radius 3 is 2.14 bits per heavy atom. The summed E-state index contributed by atoms with van der Waals surface area (Å²) in [5, 5.41) is 2.10. The molecule has 0 fully saturated rings. The molecule has 0 radical (unpaired) electrons. The van der Waals surface area contributed by atoms with Crippen molar-refractivity contribution in [1.82, 2.24) is 5.32 Å². The van der Waals surface area contributed by atoms with Crippen LogP contribution in [-0.2, 0) is 12.6 Å². The highest BCUT2D eigenvalue weighted by molar-refractivity contribution is 7.76. The zero-order valence-corrected chi connectivity index (χ0v) is 5.21. The molecule has 0 saturated carbocycles. The molecule has 2 nitrogen and oxygen atoms in total. The molecule has 0 atom stereocenters. The van der Waals surface area contributed by atoms with Gasteiger partial charge in [-0.25, -0.2) is 0 Å². The molecule has 0 aliphatic rings. The molecular formula is C4H8NOS-. The highest BCUT2D eigenvalue weighted by Crippen LogP contribution is 1.74. The van der Waals surface area contributed by atoms with Crippen LogP contribution in [0.15, 0.2) is 0 Å². The van der Waals surface area contributed by atoms with Gasteiger partial charge in [0.05, 0.1) is 5.24 Å². The molecule has 0 aromatic carbocycles. The molecule has 0 aliphatic heterocycles. The standard InChI is InChI=1S/C4H9NOS/c1-3(2)5-4(6)7/h3H,1-2H3,(H2,5,6,7)/p-1. The fourth-order valence-electron chi connectivity index (χ4n) is 0.236. The third-order valence-corrected chi connectivity index (χ3v) is 0.524. The van der Waals surface area contributed by atoms with E-state index in [1.165, 1.54) is 0 Å². The molecule has 3 heteroatoms. The Balaban J connectivity index is 3.13. The molecule has 0 rings (SSSR count). The quantitative estimate of drug-likeness (QED) is 0.512. The summed E-state index contributed by atoms with van der Waals surface area (Å²) in [6.07, 6.45) is 0. The third kappa shape index (κ3) is 5.69. The summed E-state index contributed by atoms with van der Waals surface area (Å²) in [5.74, 6) is 0. The van der Waals surface area contributed by atoms with Gasteiger partial charge in [0.1, 0.15) is 0 Å². The number of carbonyl (C=O) groups excluding carboxylic acids is 1. The number of hydrogen-bond acceptors (Lipinski definition) is 2. The Hall–Kier alpha value is -0.310. The molecular weight excluding hydrogens is 110 g/mol. The average Bonchev–Trinajstić information content (AvgIpc) is 1.27. The van der Waals surface area contributed by atoms with E-state index < -0.39 is 0 Å². The van der Waals surface area contributed by atoms with E-state index in [-0.39, 0.29) is 11.3 Å². The van der Waals surface area contributed by atoms with Crippen molar-refractivity contribution >= 4 is 17.9 Å². The second-order valence-electron chi connectivity index (χ2n) is 1.59. The molecule has 42 valence electrons. The normalized spacial score (nSPS) is 9.00. The summed E-state index contributed by atoms with van der Waals surface area (Å²) in [4.78, 5) is 9.96. The van der Waals surface area contributed by atoms with Crippen molar-refractivity contribution in [2.75, 3.05) is 0 Å². The first kappa shape index (κ1) is 6.69. The molecule has 1 amide bonds. The minimum absolute atomic E-state index is 0.171. The molecule has 0 bridgehead atoms. The monoisotopic (exact) mass is 118 g/mol. The number of nitrogens with one attached hydrogen (secondary N) is 1. The van der Waals surface area contributed by atoms with E-state index in [4.69, 9.17) is 0 Å². The van der Waals surface area contributed by atoms with Gasteiger partial charge in [0.15, 0.2) is 0 Å². The third-order valence-electron chi connectivity index (χ3n) is 0.407. The summed E-state index contributed by atoms with van der Waals surface area (Å²) in [6.45, 7) is 3.73. The Morgan fingerprint density at radius 1 is 1.71 bits per heavy atom. The van der Waals surface area contributed by atoms with Gasteiger partial charge >= 0.3 is 0 Å². The molecule has 0 saturated heterocycles. The van der Waals surface area contributed by atoms with E-state index >= 15 is 0 Å². The number of amides is 1. The van der Waals surface area contributed by atoms with Crippen molar-refractivity contribution in [2.45, 2.75) is 19.9 Å². The highest BCUT2D eigenvalue weighted by atomic mass is 32.1. The second kappa shape index (κ2) is 2.80. The fourth-order valence-corrected chi connectivity index (χ4v) is 0.471. The predicted octanol–water partition coefficient (Wildman–Crippen LogP) is 0.651. The van der Waals surface area contributed by atoms with Crippen LogP contribution in [0.2, 0.25) is 0 Å². The molecule has 1 N–H and O–H groups in total. The van der Waals surface area contributed by atoms with Gasteiger partial charge in [-0.15, -0.1) is 0 Å². The van der Waals surface area contributed by atoms with Crippen molar-refractivity contribution in [3.8, 4) is 0 Å². The Bertz CT molecular complexity index is 72.1. The molecule has 0 aliphatic carbocycles. The SMILES string of the molecule is CC(C)NC(=O)[S-]. The zero-order valence-electron chi connectivity index (χ0n) is 4.39. The maximum absolute atomic E-state index is 9.96. The lowest BCUT2D eigenvalue weighted by Crippen LogP contribution is -2.26. The largest absolute Gasteiger partial charge is 0.719 e. The number of rotatable bonds is 1. The van der Waals surface area contributed by atoms with Crippen molar-refractivity contribution in [3.63, 3.8) is 0 Å². The Morgan fingerprint density at radius 2 is 2.14 bits per heavy atom. The van der Waals surface area contributed by atoms with Crippen LogP contribution >= 0.6 is 0 Å². The number of carbonyl (C=O) groups is 1. The van der Waals surface area contributed by atoms with Crippen molar-refractivity contribution in [3.05, 3.63) is 0 Å². The van der Waals surface area contributed by atoms with E-state index in [1.54, 1.807) is 0 Å². The first-order chi connectivity index (χ1) is 3.13. The van der Waals surface area contributed by atoms with Gasteiger partial charge in [-0.1, -0.05) is 0 Å². The molecule has 7 heavy (non-hydrogen) atoms. The first-order valence-corrected chi connectivity index (χ1v) is 2.51. The molecule has 0 unspecified atom stereocenters. The lowest BCUT2D eigenvalue weighted by atomic mass is 10.4. The van der Waals surface area contributed by atoms with E-state index in [9.17, 15) is 4.79 Å². The zero-order chi connectivity index (χ0) is 5.86. The second-order valence-corrected chi connectivity index (χ2v) is 1.96. The van der Waals surface area contributed by atoms with Crippen LogP contribution in [0.5, 0.6) is 0 Å². The van der Waals surface area contributed by atoms with Gasteiger partial charge in [-0.05, 0) is 13.8 Å². The average molecular weight is 118 g/mol. The summed E-state index contributed by atoms with van der Waals surface area (Å²) in [5.41, 5.74) is 0. The van der Waals surface area contributed by atoms with Crippen molar-refractivity contribution in [1.29, 1.82) is 0 Å². The van der Waals surface area contributed by atoms with E-state index in [1.807, 2.05) is 13.8 Å². The van der Waals surface area contributed by atoms with E-state index in [0.29, 0.717) is 0 Å².